The topological polar surface area (TPSA) is 75.6 Å². The second-order valence-electron chi connectivity index (χ2n) is 3.99. The van der Waals surface area contributed by atoms with Gasteiger partial charge in [-0.2, -0.15) is 0 Å². The highest BCUT2D eigenvalue weighted by Crippen LogP contribution is 2.21. The van der Waals surface area contributed by atoms with Gasteiger partial charge in [-0.05, 0) is 17.7 Å². The molecule has 5 nitrogen and oxygen atoms in total. The summed E-state index contributed by atoms with van der Waals surface area (Å²) in [6.45, 7) is 1.86. The van der Waals surface area contributed by atoms with Gasteiger partial charge in [-0.15, -0.1) is 0 Å². The van der Waals surface area contributed by atoms with Crippen molar-refractivity contribution in [2.24, 2.45) is 0 Å². The van der Waals surface area contributed by atoms with Gasteiger partial charge < -0.3 is 15.2 Å². The Labute approximate surface area is 111 Å². The molecule has 2 N–H and O–H groups in total. The lowest BCUT2D eigenvalue weighted by molar-refractivity contribution is -0.136. The van der Waals surface area contributed by atoms with Crippen LogP contribution < -0.4 is 10.1 Å². The molecule has 0 heterocycles. The van der Waals surface area contributed by atoms with E-state index in [9.17, 15) is 9.59 Å². The second kappa shape index (κ2) is 7.20. The third kappa shape index (κ3) is 5.25. The van der Waals surface area contributed by atoms with Crippen LogP contribution in [0.3, 0.4) is 0 Å². The van der Waals surface area contributed by atoms with Gasteiger partial charge in [-0.3, -0.25) is 9.59 Å². The molecule has 0 bridgehead atoms. The van der Waals surface area contributed by atoms with Gasteiger partial charge >= 0.3 is 5.97 Å². The van der Waals surface area contributed by atoms with Gasteiger partial charge in [0.1, 0.15) is 5.75 Å². The molecule has 1 rings (SSSR count). The van der Waals surface area contributed by atoms with Gasteiger partial charge in [0.2, 0.25) is 5.91 Å². The van der Waals surface area contributed by atoms with Crippen LogP contribution in [-0.4, -0.2) is 30.6 Å². The molecule has 5 heteroatoms. The Morgan fingerprint density at radius 3 is 2.74 bits per heavy atom. The van der Waals surface area contributed by atoms with Crippen molar-refractivity contribution < 1.29 is 19.4 Å². The van der Waals surface area contributed by atoms with Crippen molar-refractivity contribution in [2.45, 2.75) is 13.3 Å². The number of carbonyl (C=O) groups excluding carboxylic acids is 1. The maximum Gasteiger partial charge on any atom is 0.307 e. The number of nitrogens with one attached hydrogen (secondary N) is 1. The molecule has 0 atom stereocenters. The molecule has 0 unspecified atom stereocenters. The zero-order chi connectivity index (χ0) is 14.3. The molecular weight excluding hydrogens is 246 g/mol. The minimum Gasteiger partial charge on any atom is -0.496 e. The van der Waals surface area contributed by atoms with E-state index in [1.165, 1.54) is 6.92 Å². The maximum absolute atomic E-state index is 10.7. The Bertz CT molecular complexity index is 494. The Kier molecular flexibility index (Phi) is 5.60. The standard InChI is InChI=1S/C14H17NO4/c1-10(16)15-7-3-4-12-8-11(9-14(17)18)5-6-13(12)19-2/h3-6,8H,7,9H2,1-2H3,(H,15,16)(H,17,18). The quantitative estimate of drug-likeness (QED) is 0.815. The van der Waals surface area contributed by atoms with E-state index >= 15 is 0 Å². The molecule has 1 aromatic carbocycles. The van der Waals surface area contributed by atoms with E-state index in [-0.39, 0.29) is 12.3 Å². The molecule has 0 fully saturated rings. The first-order valence-corrected chi connectivity index (χ1v) is 5.82. The Morgan fingerprint density at radius 2 is 2.16 bits per heavy atom. The molecule has 0 aliphatic heterocycles. The first-order valence-electron chi connectivity index (χ1n) is 5.82. The van der Waals surface area contributed by atoms with Gasteiger partial charge in [-0.25, -0.2) is 0 Å². The molecule has 102 valence electrons. The molecule has 0 saturated carbocycles. The average Bonchev–Trinajstić information content (AvgIpc) is 2.34. The highest BCUT2D eigenvalue weighted by Gasteiger charge is 2.05. The summed E-state index contributed by atoms with van der Waals surface area (Å²) in [5, 5.41) is 11.4. The van der Waals surface area contributed by atoms with Crippen LogP contribution in [0.2, 0.25) is 0 Å². The fraction of sp³-hybridized carbons (Fsp3) is 0.286. The number of amides is 1. The number of rotatable bonds is 6. The molecule has 0 aliphatic rings. The van der Waals surface area contributed by atoms with E-state index in [0.29, 0.717) is 17.9 Å². The predicted octanol–water partition coefficient (Wildman–Crippen LogP) is 1.47. The summed E-state index contributed by atoms with van der Waals surface area (Å²) in [4.78, 5) is 21.4. The number of aliphatic carboxylic acids is 1. The number of carbonyl (C=O) groups is 2. The number of hydrogen-bond acceptors (Lipinski definition) is 3. The first-order chi connectivity index (χ1) is 9.02. The summed E-state index contributed by atoms with van der Waals surface area (Å²) in [5.74, 6) is -0.317. The summed E-state index contributed by atoms with van der Waals surface area (Å²) in [5.41, 5.74) is 1.49. The highest BCUT2D eigenvalue weighted by molar-refractivity contribution is 5.73. The molecule has 1 amide bonds. The SMILES string of the molecule is COc1ccc(CC(=O)O)cc1C=CCNC(C)=O. The molecule has 0 saturated heterocycles. The first kappa shape index (κ1) is 14.8. The minimum absolute atomic E-state index is 0.0312. The van der Waals surface area contributed by atoms with E-state index in [1.54, 1.807) is 37.5 Å². The monoisotopic (exact) mass is 263 g/mol. The van der Waals surface area contributed by atoms with E-state index < -0.39 is 5.97 Å². The summed E-state index contributed by atoms with van der Waals surface area (Å²) < 4.78 is 5.20. The summed E-state index contributed by atoms with van der Waals surface area (Å²) in [6.07, 6.45) is 3.54. The Morgan fingerprint density at radius 1 is 1.42 bits per heavy atom. The molecular formula is C14H17NO4. The molecule has 0 aromatic heterocycles. The van der Waals surface area contributed by atoms with Crippen LogP contribution in [0.15, 0.2) is 24.3 Å². The summed E-state index contributed by atoms with van der Waals surface area (Å²) in [7, 11) is 1.55. The van der Waals surface area contributed by atoms with Crippen LogP contribution in [-0.2, 0) is 16.0 Å². The number of benzene rings is 1. The molecule has 19 heavy (non-hydrogen) atoms. The van der Waals surface area contributed by atoms with Crippen LogP contribution in [0.4, 0.5) is 0 Å². The maximum atomic E-state index is 10.7. The zero-order valence-electron chi connectivity index (χ0n) is 11.0. The third-order valence-corrected chi connectivity index (χ3v) is 2.42. The van der Waals surface area contributed by atoms with E-state index in [0.717, 1.165) is 5.56 Å². The lowest BCUT2D eigenvalue weighted by atomic mass is 10.1. The summed E-state index contributed by atoms with van der Waals surface area (Å²) in [6, 6.07) is 5.21. The molecule has 0 aliphatic carbocycles. The number of carboxylic acid groups (broad SMARTS) is 1. The molecule has 0 radical (unpaired) electrons. The van der Waals surface area contributed by atoms with Crippen LogP contribution in [0, 0.1) is 0 Å². The van der Waals surface area contributed by atoms with Crippen LogP contribution in [0.25, 0.3) is 6.08 Å². The van der Waals surface area contributed by atoms with Gasteiger partial charge in [0.05, 0.1) is 13.5 Å². The second-order valence-corrected chi connectivity index (χ2v) is 3.99. The van der Waals surface area contributed by atoms with Crippen molar-refractivity contribution in [2.75, 3.05) is 13.7 Å². The van der Waals surface area contributed by atoms with Crippen LogP contribution >= 0.6 is 0 Å². The smallest absolute Gasteiger partial charge is 0.307 e. The van der Waals surface area contributed by atoms with Crippen molar-refractivity contribution in [3.05, 3.63) is 35.4 Å². The number of methoxy groups -OCH3 is 1. The molecule has 1 aromatic rings. The van der Waals surface area contributed by atoms with Crippen molar-refractivity contribution in [1.82, 2.24) is 5.32 Å². The third-order valence-electron chi connectivity index (χ3n) is 2.42. The van der Waals surface area contributed by atoms with Gasteiger partial charge in [-0.1, -0.05) is 18.2 Å². The van der Waals surface area contributed by atoms with E-state index in [2.05, 4.69) is 5.32 Å². The Hall–Kier alpha value is -2.30. The number of ether oxygens (including phenoxy) is 1. The van der Waals surface area contributed by atoms with Crippen molar-refractivity contribution in [3.63, 3.8) is 0 Å². The van der Waals surface area contributed by atoms with Crippen molar-refractivity contribution in [3.8, 4) is 5.75 Å². The summed E-state index contributed by atoms with van der Waals surface area (Å²) >= 11 is 0. The minimum atomic E-state index is -0.877. The van der Waals surface area contributed by atoms with Gasteiger partial charge in [0.15, 0.2) is 0 Å². The van der Waals surface area contributed by atoms with Crippen LogP contribution in [0.5, 0.6) is 5.75 Å². The zero-order valence-corrected chi connectivity index (χ0v) is 11.0. The lowest BCUT2D eigenvalue weighted by Crippen LogP contribution is -2.19. The number of carboxylic acids is 1. The van der Waals surface area contributed by atoms with Gasteiger partial charge in [0, 0.05) is 19.0 Å². The van der Waals surface area contributed by atoms with Crippen molar-refractivity contribution in [1.29, 1.82) is 0 Å². The fourth-order valence-electron chi connectivity index (χ4n) is 1.59. The van der Waals surface area contributed by atoms with E-state index in [1.807, 2.05) is 0 Å². The molecule has 0 spiro atoms. The average molecular weight is 263 g/mol. The largest absolute Gasteiger partial charge is 0.496 e. The Balaban J connectivity index is 2.83. The number of hydrogen-bond donors (Lipinski definition) is 2. The highest BCUT2D eigenvalue weighted by atomic mass is 16.5. The van der Waals surface area contributed by atoms with E-state index in [4.69, 9.17) is 9.84 Å². The predicted molar refractivity (Wildman–Crippen MR) is 72.1 cm³/mol. The van der Waals surface area contributed by atoms with Gasteiger partial charge in [0.25, 0.3) is 0 Å². The fourth-order valence-corrected chi connectivity index (χ4v) is 1.59. The normalized spacial score (nSPS) is 10.4. The van der Waals surface area contributed by atoms with Crippen molar-refractivity contribution >= 4 is 18.0 Å². The lowest BCUT2D eigenvalue weighted by Gasteiger charge is -2.07. The van der Waals surface area contributed by atoms with Crippen LogP contribution in [0.1, 0.15) is 18.1 Å².